The highest BCUT2D eigenvalue weighted by Gasteiger charge is 2.22. The summed E-state index contributed by atoms with van der Waals surface area (Å²) in [4.78, 5) is 18.0. The quantitative estimate of drug-likeness (QED) is 0.944. The van der Waals surface area contributed by atoms with Gasteiger partial charge in [0.05, 0.1) is 23.9 Å². The lowest BCUT2D eigenvalue weighted by atomic mass is 10.0. The Bertz CT molecular complexity index is 633. The fourth-order valence-electron chi connectivity index (χ4n) is 2.49. The minimum absolute atomic E-state index is 0.0240. The Balaban J connectivity index is 1.80. The van der Waals surface area contributed by atoms with Crippen LogP contribution < -0.4 is 5.32 Å². The van der Waals surface area contributed by atoms with Crippen molar-refractivity contribution in [3.63, 3.8) is 0 Å². The summed E-state index contributed by atoms with van der Waals surface area (Å²) in [5.74, 6) is -0.0353. The molecule has 1 saturated heterocycles. The van der Waals surface area contributed by atoms with Crippen LogP contribution in [0.4, 0.5) is 5.69 Å². The van der Waals surface area contributed by atoms with Gasteiger partial charge in [0.15, 0.2) is 0 Å². The molecule has 1 fully saturated rings. The van der Waals surface area contributed by atoms with Crippen LogP contribution in [0.1, 0.15) is 17.7 Å². The van der Waals surface area contributed by atoms with E-state index >= 15 is 0 Å². The van der Waals surface area contributed by atoms with E-state index in [-0.39, 0.29) is 11.8 Å². The molecule has 2 aromatic heterocycles. The van der Waals surface area contributed by atoms with E-state index in [1.165, 1.54) is 4.88 Å². The molecule has 110 valence electrons. The number of carbonyl (C=O) groups is 1. The fraction of sp³-hybridized carbons (Fsp3) is 0.375. The second kappa shape index (κ2) is 6.37. The molecule has 1 atom stereocenters. The summed E-state index contributed by atoms with van der Waals surface area (Å²) in [5, 5.41) is 5.08. The normalized spacial score (nSPS) is 18.4. The number of thiophene rings is 1. The van der Waals surface area contributed by atoms with Gasteiger partial charge < -0.3 is 10.1 Å². The van der Waals surface area contributed by atoms with E-state index in [4.69, 9.17) is 4.74 Å². The maximum absolute atomic E-state index is 12.3. The van der Waals surface area contributed by atoms with E-state index in [0.29, 0.717) is 6.61 Å². The molecule has 3 rings (SSSR count). The number of anilines is 1. The number of carbonyl (C=O) groups excluding carboxylic acids is 1. The van der Waals surface area contributed by atoms with Crippen molar-refractivity contribution in [1.29, 1.82) is 0 Å². The standard InChI is InChI=1S/C16H18N2O2S/c1-11-8-13(10-21-11)15-14(5-2-6-17-15)18-16(19)12-4-3-7-20-9-12/h2,5-6,8,10,12H,3-4,7,9H2,1H3,(H,18,19). The summed E-state index contributed by atoms with van der Waals surface area (Å²) in [6.07, 6.45) is 3.59. The first-order valence-electron chi connectivity index (χ1n) is 7.13. The summed E-state index contributed by atoms with van der Waals surface area (Å²) < 4.78 is 5.38. The third kappa shape index (κ3) is 3.31. The third-order valence-electron chi connectivity index (χ3n) is 3.60. The number of rotatable bonds is 3. The molecular weight excluding hydrogens is 284 g/mol. The van der Waals surface area contributed by atoms with Gasteiger partial charge in [-0.15, -0.1) is 11.3 Å². The van der Waals surface area contributed by atoms with Crippen LogP contribution in [0.15, 0.2) is 29.8 Å². The van der Waals surface area contributed by atoms with E-state index in [9.17, 15) is 4.79 Å². The molecule has 2 aromatic rings. The molecule has 1 unspecified atom stereocenters. The molecule has 0 aliphatic carbocycles. The third-order valence-corrected chi connectivity index (χ3v) is 4.46. The van der Waals surface area contributed by atoms with Crippen molar-refractivity contribution in [2.24, 2.45) is 5.92 Å². The van der Waals surface area contributed by atoms with Crippen molar-refractivity contribution >= 4 is 22.9 Å². The number of hydrogen-bond acceptors (Lipinski definition) is 4. The number of ether oxygens (including phenoxy) is 1. The van der Waals surface area contributed by atoms with Gasteiger partial charge in [0.2, 0.25) is 5.91 Å². The minimum Gasteiger partial charge on any atom is -0.381 e. The zero-order chi connectivity index (χ0) is 14.7. The highest BCUT2D eigenvalue weighted by molar-refractivity contribution is 7.10. The number of aromatic nitrogens is 1. The minimum atomic E-state index is -0.0592. The van der Waals surface area contributed by atoms with Crippen molar-refractivity contribution in [2.75, 3.05) is 18.5 Å². The van der Waals surface area contributed by atoms with Crippen molar-refractivity contribution in [1.82, 2.24) is 4.98 Å². The van der Waals surface area contributed by atoms with Crippen molar-refractivity contribution < 1.29 is 9.53 Å². The summed E-state index contributed by atoms with van der Waals surface area (Å²) in [5.41, 5.74) is 2.64. The highest BCUT2D eigenvalue weighted by atomic mass is 32.1. The number of hydrogen-bond donors (Lipinski definition) is 1. The number of nitrogens with one attached hydrogen (secondary N) is 1. The largest absolute Gasteiger partial charge is 0.381 e. The summed E-state index contributed by atoms with van der Waals surface area (Å²) in [6.45, 7) is 3.34. The van der Waals surface area contributed by atoms with Crippen molar-refractivity contribution in [3.8, 4) is 11.3 Å². The predicted octanol–water partition coefficient (Wildman–Crippen LogP) is 3.48. The lowest BCUT2D eigenvalue weighted by Crippen LogP contribution is -2.30. The van der Waals surface area contributed by atoms with Gasteiger partial charge in [0, 0.05) is 28.6 Å². The molecule has 0 bridgehead atoms. The van der Waals surface area contributed by atoms with E-state index in [2.05, 4.69) is 28.7 Å². The van der Waals surface area contributed by atoms with Gasteiger partial charge >= 0.3 is 0 Å². The van der Waals surface area contributed by atoms with Crippen molar-refractivity contribution in [2.45, 2.75) is 19.8 Å². The van der Waals surface area contributed by atoms with Gasteiger partial charge in [0.1, 0.15) is 0 Å². The fourth-order valence-corrected chi connectivity index (χ4v) is 3.17. The SMILES string of the molecule is Cc1cc(-c2ncccc2NC(=O)C2CCCOC2)cs1. The first kappa shape index (κ1) is 14.2. The summed E-state index contributed by atoms with van der Waals surface area (Å²) in [6, 6.07) is 5.83. The molecule has 1 N–H and O–H groups in total. The average Bonchev–Trinajstić information content (AvgIpc) is 2.95. The van der Waals surface area contributed by atoms with Gasteiger partial charge in [-0.1, -0.05) is 0 Å². The smallest absolute Gasteiger partial charge is 0.229 e. The van der Waals surface area contributed by atoms with Crippen LogP contribution in [-0.4, -0.2) is 24.1 Å². The Morgan fingerprint density at radius 3 is 3.14 bits per heavy atom. The monoisotopic (exact) mass is 302 g/mol. The second-order valence-corrected chi connectivity index (χ2v) is 6.36. The Kier molecular flexibility index (Phi) is 4.31. The van der Waals surface area contributed by atoms with Gasteiger partial charge in [-0.25, -0.2) is 0 Å². The highest BCUT2D eigenvalue weighted by Crippen LogP contribution is 2.29. The molecule has 0 spiro atoms. The number of nitrogens with zero attached hydrogens (tertiary/aromatic N) is 1. The van der Waals surface area contributed by atoms with Gasteiger partial charge in [-0.05, 0) is 38.0 Å². The first-order chi connectivity index (χ1) is 10.2. The lowest BCUT2D eigenvalue weighted by molar-refractivity contribution is -0.123. The molecule has 0 aromatic carbocycles. The van der Waals surface area contributed by atoms with E-state index in [0.717, 1.165) is 36.4 Å². The van der Waals surface area contributed by atoms with Crippen LogP contribution in [-0.2, 0) is 9.53 Å². The Morgan fingerprint density at radius 1 is 1.52 bits per heavy atom. The molecule has 5 heteroatoms. The van der Waals surface area contributed by atoms with Crippen LogP contribution in [0.25, 0.3) is 11.3 Å². The van der Waals surface area contributed by atoms with Gasteiger partial charge in [-0.2, -0.15) is 0 Å². The van der Waals surface area contributed by atoms with Crippen molar-refractivity contribution in [3.05, 3.63) is 34.7 Å². The molecule has 0 saturated carbocycles. The van der Waals surface area contributed by atoms with Gasteiger partial charge in [-0.3, -0.25) is 9.78 Å². The molecule has 3 heterocycles. The van der Waals surface area contributed by atoms with Crippen LogP contribution in [0, 0.1) is 12.8 Å². The van der Waals surface area contributed by atoms with Crippen LogP contribution in [0.5, 0.6) is 0 Å². The number of amides is 1. The number of pyridine rings is 1. The maximum Gasteiger partial charge on any atom is 0.229 e. The Morgan fingerprint density at radius 2 is 2.43 bits per heavy atom. The number of aryl methyl sites for hydroxylation is 1. The van der Waals surface area contributed by atoms with Crippen LogP contribution >= 0.6 is 11.3 Å². The lowest BCUT2D eigenvalue weighted by Gasteiger charge is -2.21. The summed E-state index contributed by atoms with van der Waals surface area (Å²) in [7, 11) is 0. The Hall–Kier alpha value is -1.72. The molecule has 0 radical (unpaired) electrons. The average molecular weight is 302 g/mol. The molecule has 21 heavy (non-hydrogen) atoms. The molecule has 1 amide bonds. The first-order valence-corrected chi connectivity index (χ1v) is 8.01. The Labute approximate surface area is 128 Å². The van der Waals surface area contributed by atoms with Crippen LogP contribution in [0.3, 0.4) is 0 Å². The maximum atomic E-state index is 12.3. The van der Waals surface area contributed by atoms with E-state index in [1.54, 1.807) is 17.5 Å². The molecule has 1 aliphatic rings. The molecular formula is C16H18N2O2S. The predicted molar refractivity (Wildman–Crippen MR) is 84.5 cm³/mol. The van der Waals surface area contributed by atoms with E-state index < -0.39 is 0 Å². The van der Waals surface area contributed by atoms with E-state index in [1.807, 2.05) is 12.1 Å². The molecule has 4 nitrogen and oxygen atoms in total. The summed E-state index contributed by atoms with van der Waals surface area (Å²) >= 11 is 1.68. The molecule has 1 aliphatic heterocycles. The van der Waals surface area contributed by atoms with Crippen LogP contribution in [0.2, 0.25) is 0 Å². The topological polar surface area (TPSA) is 51.2 Å². The zero-order valence-electron chi connectivity index (χ0n) is 12.0. The second-order valence-electron chi connectivity index (χ2n) is 5.25. The van der Waals surface area contributed by atoms with Gasteiger partial charge in [0.25, 0.3) is 0 Å². The zero-order valence-corrected chi connectivity index (χ0v) is 12.8.